The average molecular weight is 414 g/mol. The highest BCUT2D eigenvalue weighted by atomic mass is 16.5. The summed E-state index contributed by atoms with van der Waals surface area (Å²) in [6.45, 7) is 2.00. The van der Waals surface area contributed by atoms with E-state index in [2.05, 4.69) is 38.8 Å². The molecule has 0 bridgehead atoms. The Balaban J connectivity index is 1.29. The highest BCUT2D eigenvalue weighted by molar-refractivity contribution is 5.93. The Morgan fingerprint density at radius 3 is 2.65 bits per heavy atom. The number of anilines is 4. The predicted octanol–water partition coefficient (Wildman–Crippen LogP) is 6.47. The summed E-state index contributed by atoms with van der Waals surface area (Å²) in [6.07, 6.45) is 10.3. The number of benzene rings is 2. The van der Waals surface area contributed by atoms with Crippen LogP contribution in [0.4, 0.5) is 23.1 Å². The lowest BCUT2D eigenvalue weighted by molar-refractivity contribution is 0.155. The molecular formula is C25H27N5O. The number of hydrogen-bond donors (Lipinski definition) is 3. The number of ether oxygens (including phenoxy) is 1. The van der Waals surface area contributed by atoms with Gasteiger partial charge in [-0.3, -0.25) is 0 Å². The Morgan fingerprint density at radius 2 is 1.81 bits per heavy atom. The molecule has 1 saturated carbocycles. The molecule has 1 aliphatic carbocycles. The maximum absolute atomic E-state index is 6.12. The Morgan fingerprint density at radius 1 is 0.968 bits per heavy atom. The Labute approximate surface area is 182 Å². The van der Waals surface area contributed by atoms with Crippen molar-refractivity contribution in [3.63, 3.8) is 0 Å². The Hall–Kier alpha value is -3.54. The van der Waals surface area contributed by atoms with E-state index < -0.39 is 0 Å². The van der Waals surface area contributed by atoms with Gasteiger partial charge in [0.1, 0.15) is 11.6 Å². The van der Waals surface area contributed by atoms with Gasteiger partial charge in [-0.05, 0) is 75.1 Å². The number of hydrogen-bond acceptors (Lipinski definition) is 5. The molecular weight excluding hydrogens is 386 g/mol. The number of aryl methyl sites for hydroxylation is 1. The lowest BCUT2D eigenvalue weighted by Crippen LogP contribution is -2.19. The summed E-state index contributed by atoms with van der Waals surface area (Å²) < 4.78 is 6.12. The molecule has 2 heterocycles. The van der Waals surface area contributed by atoms with Gasteiger partial charge in [-0.25, -0.2) is 4.98 Å². The van der Waals surface area contributed by atoms with Crippen LogP contribution < -0.4 is 15.4 Å². The number of aromatic amines is 1. The van der Waals surface area contributed by atoms with E-state index in [0.29, 0.717) is 12.1 Å². The fourth-order valence-electron chi connectivity index (χ4n) is 4.07. The Kier molecular flexibility index (Phi) is 5.44. The van der Waals surface area contributed by atoms with Crippen LogP contribution in [0.5, 0.6) is 5.75 Å². The zero-order chi connectivity index (χ0) is 21.0. The summed E-state index contributed by atoms with van der Waals surface area (Å²) in [5.41, 5.74) is 4.01. The number of rotatable bonds is 6. The smallest absolute Gasteiger partial charge is 0.229 e. The molecule has 0 saturated heterocycles. The number of fused-ring (bicyclic) bond motifs is 1. The van der Waals surface area contributed by atoms with Crippen molar-refractivity contribution in [2.75, 3.05) is 10.6 Å². The van der Waals surface area contributed by atoms with Gasteiger partial charge in [0.2, 0.25) is 5.95 Å². The van der Waals surface area contributed by atoms with Gasteiger partial charge in [-0.2, -0.15) is 4.98 Å². The molecule has 0 atom stereocenters. The fourth-order valence-corrected chi connectivity index (χ4v) is 4.07. The molecule has 3 N–H and O–H groups in total. The topological polar surface area (TPSA) is 74.9 Å². The summed E-state index contributed by atoms with van der Waals surface area (Å²) in [4.78, 5) is 12.4. The van der Waals surface area contributed by atoms with E-state index in [-0.39, 0.29) is 0 Å². The molecule has 0 amide bonds. The summed E-state index contributed by atoms with van der Waals surface area (Å²) in [7, 11) is 0. The minimum Gasteiger partial charge on any atom is -0.490 e. The predicted molar refractivity (Wildman–Crippen MR) is 126 cm³/mol. The van der Waals surface area contributed by atoms with Crippen LogP contribution in [-0.2, 0) is 0 Å². The van der Waals surface area contributed by atoms with Crippen molar-refractivity contribution < 1.29 is 4.74 Å². The molecule has 158 valence electrons. The molecule has 0 aliphatic heterocycles. The zero-order valence-corrected chi connectivity index (χ0v) is 17.7. The number of nitrogens with one attached hydrogen (secondary N) is 3. The first kappa shape index (κ1) is 19.4. The van der Waals surface area contributed by atoms with Crippen molar-refractivity contribution in [3.05, 3.63) is 66.5 Å². The third-order valence-corrected chi connectivity index (χ3v) is 5.79. The highest BCUT2D eigenvalue weighted by Crippen LogP contribution is 2.28. The van der Waals surface area contributed by atoms with Gasteiger partial charge in [-0.1, -0.05) is 12.5 Å². The quantitative estimate of drug-likeness (QED) is 0.338. The molecule has 0 radical (unpaired) electrons. The third-order valence-electron chi connectivity index (χ3n) is 5.79. The first-order valence-electron chi connectivity index (χ1n) is 11.0. The van der Waals surface area contributed by atoms with Crippen LogP contribution in [0.15, 0.2) is 60.9 Å². The second-order valence-electron chi connectivity index (χ2n) is 8.12. The fraction of sp³-hybridized carbons (Fsp3) is 0.280. The molecule has 1 aliphatic rings. The summed E-state index contributed by atoms with van der Waals surface area (Å²) in [5, 5.41) is 7.88. The lowest BCUT2D eigenvalue weighted by Gasteiger charge is -2.23. The number of nitrogens with zero attached hydrogens (tertiary/aromatic N) is 2. The van der Waals surface area contributed by atoms with Crippen LogP contribution in [0.3, 0.4) is 0 Å². The van der Waals surface area contributed by atoms with E-state index in [4.69, 9.17) is 9.72 Å². The largest absolute Gasteiger partial charge is 0.490 e. The maximum atomic E-state index is 6.12. The second kappa shape index (κ2) is 8.68. The van der Waals surface area contributed by atoms with E-state index in [9.17, 15) is 0 Å². The summed E-state index contributed by atoms with van der Waals surface area (Å²) >= 11 is 0. The van der Waals surface area contributed by atoms with Crippen molar-refractivity contribution in [1.29, 1.82) is 0 Å². The van der Waals surface area contributed by atoms with Gasteiger partial charge in [0, 0.05) is 40.2 Å². The highest BCUT2D eigenvalue weighted by Gasteiger charge is 2.14. The van der Waals surface area contributed by atoms with Crippen LogP contribution in [-0.4, -0.2) is 21.1 Å². The van der Waals surface area contributed by atoms with Crippen LogP contribution in [0.25, 0.3) is 10.9 Å². The van der Waals surface area contributed by atoms with Gasteiger partial charge in [0.25, 0.3) is 0 Å². The second-order valence-corrected chi connectivity index (χ2v) is 8.12. The van der Waals surface area contributed by atoms with Gasteiger partial charge in [0.05, 0.1) is 6.10 Å². The minimum atomic E-state index is 0.353. The lowest BCUT2D eigenvalue weighted by atomic mass is 9.98. The normalized spacial score (nSPS) is 14.5. The van der Waals surface area contributed by atoms with Crippen molar-refractivity contribution in [3.8, 4) is 5.75 Å². The standard InChI is InChI=1S/C25H27N5O/c1-17-16-27-25(30-24(17)29-23-9-5-8-22-21(23)14-15-26-22)28-18-10-12-20(13-11-18)31-19-6-3-2-4-7-19/h5,8-16,19,26H,2-4,6-7H2,1H3,(H2,27,28,29,30). The van der Waals surface area contributed by atoms with Crippen molar-refractivity contribution in [2.45, 2.75) is 45.1 Å². The van der Waals surface area contributed by atoms with E-state index in [1.165, 1.54) is 19.3 Å². The van der Waals surface area contributed by atoms with Crippen LogP contribution in [0, 0.1) is 6.92 Å². The van der Waals surface area contributed by atoms with Crippen LogP contribution in [0.1, 0.15) is 37.7 Å². The molecule has 5 rings (SSSR count). The minimum absolute atomic E-state index is 0.353. The van der Waals surface area contributed by atoms with Crippen LogP contribution in [0.2, 0.25) is 0 Å². The zero-order valence-electron chi connectivity index (χ0n) is 17.7. The van der Waals surface area contributed by atoms with E-state index in [1.807, 2.05) is 49.6 Å². The molecule has 0 unspecified atom stereocenters. The average Bonchev–Trinajstić information content (AvgIpc) is 3.28. The number of H-pyrrole nitrogens is 1. The van der Waals surface area contributed by atoms with Gasteiger partial charge >= 0.3 is 0 Å². The van der Waals surface area contributed by atoms with Gasteiger partial charge < -0.3 is 20.4 Å². The van der Waals surface area contributed by atoms with Crippen molar-refractivity contribution >= 4 is 34.0 Å². The van der Waals surface area contributed by atoms with E-state index in [0.717, 1.165) is 52.3 Å². The summed E-state index contributed by atoms with van der Waals surface area (Å²) in [5.74, 6) is 2.25. The number of aromatic nitrogens is 3. The molecule has 6 nitrogen and oxygen atoms in total. The first-order chi connectivity index (χ1) is 15.2. The maximum Gasteiger partial charge on any atom is 0.229 e. The third kappa shape index (κ3) is 4.48. The van der Waals surface area contributed by atoms with Crippen molar-refractivity contribution in [1.82, 2.24) is 15.0 Å². The van der Waals surface area contributed by atoms with Crippen molar-refractivity contribution in [2.24, 2.45) is 0 Å². The SMILES string of the molecule is Cc1cnc(Nc2ccc(OC3CCCCC3)cc2)nc1Nc1cccc2[nH]ccc12. The molecule has 2 aromatic heterocycles. The van der Waals surface area contributed by atoms with E-state index in [1.54, 1.807) is 0 Å². The molecule has 31 heavy (non-hydrogen) atoms. The van der Waals surface area contributed by atoms with Gasteiger partial charge in [0.15, 0.2) is 0 Å². The molecule has 1 fully saturated rings. The monoisotopic (exact) mass is 413 g/mol. The first-order valence-corrected chi connectivity index (χ1v) is 11.0. The summed E-state index contributed by atoms with van der Waals surface area (Å²) in [6, 6.07) is 16.2. The Bertz CT molecular complexity index is 1160. The molecule has 4 aromatic rings. The molecule has 6 heteroatoms. The molecule has 2 aromatic carbocycles. The van der Waals surface area contributed by atoms with E-state index >= 15 is 0 Å². The van der Waals surface area contributed by atoms with Crippen LogP contribution >= 0.6 is 0 Å². The molecule has 0 spiro atoms. The van der Waals surface area contributed by atoms with Gasteiger partial charge in [-0.15, -0.1) is 0 Å².